The molecule has 0 saturated carbocycles. The largest absolute Gasteiger partial charge is 0.504 e. The molecule has 0 radical (unpaired) electrons. The number of aryl methyl sites for hydroxylation is 2. The maximum atomic E-state index is 12.4. The summed E-state index contributed by atoms with van der Waals surface area (Å²) in [5, 5.41) is 15.6. The molecule has 0 bridgehead atoms. The Labute approximate surface area is 159 Å². The average Bonchev–Trinajstić information content (AvgIpc) is 3.32. The predicted octanol–water partition coefficient (Wildman–Crippen LogP) is 3.46. The van der Waals surface area contributed by atoms with Gasteiger partial charge in [-0.3, -0.25) is 4.79 Å². The van der Waals surface area contributed by atoms with Crippen molar-refractivity contribution in [1.82, 2.24) is 19.1 Å². The van der Waals surface area contributed by atoms with Crippen molar-refractivity contribution in [2.45, 2.75) is 20.4 Å². The molecule has 0 fully saturated rings. The lowest BCUT2D eigenvalue weighted by molar-refractivity contribution is -0.116. The number of aromatic nitrogens is 4. The fraction of sp³-hybridized carbons (Fsp3) is 0.211. The molecule has 0 saturated heterocycles. The van der Waals surface area contributed by atoms with Crippen LogP contribution in [0, 0.1) is 13.8 Å². The van der Waals surface area contributed by atoms with Crippen LogP contribution in [0.4, 0.5) is 5.13 Å². The Morgan fingerprint density at radius 2 is 2.00 bits per heavy atom. The van der Waals surface area contributed by atoms with Gasteiger partial charge in [0.05, 0.1) is 17.7 Å². The number of nitrogens with one attached hydrogen (secondary N) is 1. The van der Waals surface area contributed by atoms with E-state index in [1.807, 2.05) is 50.5 Å². The van der Waals surface area contributed by atoms with Crippen LogP contribution < -0.4 is 5.32 Å². The van der Waals surface area contributed by atoms with Crippen LogP contribution in [0.25, 0.3) is 22.4 Å². The molecule has 4 aromatic rings. The van der Waals surface area contributed by atoms with E-state index in [0.29, 0.717) is 22.0 Å². The monoisotopic (exact) mass is 381 g/mol. The molecule has 0 aliphatic heterocycles. The number of carbonyl (C=O) groups excluding carboxylic acids is 1. The number of hydrogen-bond acceptors (Lipinski definition) is 5. The number of benzene rings is 1. The zero-order chi connectivity index (χ0) is 19.1. The summed E-state index contributed by atoms with van der Waals surface area (Å²) in [6.45, 7) is 3.89. The highest BCUT2D eigenvalue weighted by Gasteiger charge is 2.18. The van der Waals surface area contributed by atoms with Crippen LogP contribution in [0.5, 0.6) is 5.75 Å². The van der Waals surface area contributed by atoms with Crippen LogP contribution >= 0.6 is 11.3 Å². The number of rotatable bonds is 4. The van der Waals surface area contributed by atoms with Gasteiger partial charge in [0.2, 0.25) is 5.91 Å². The molecule has 0 aliphatic rings. The molecule has 2 N–H and O–H groups in total. The SMILES string of the molecule is Cc1ccc(-c2csc(NC(=O)Cn3cnc4c3c(O)c(C)n4C)n2)cc1. The second kappa shape index (κ2) is 6.55. The third-order valence-corrected chi connectivity index (χ3v) is 5.38. The fourth-order valence-corrected chi connectivity index (χ4v) is 3.71. The highest BCUT2D eigenvalue weighted by molar-refractivity contribution is 7.14. The average molecular weight is 381 g/mol. The number of carbonyl (C=O) groups is 1. The first-order valence-corrected chi connectivity index (χ1v) is 9.33. The van der Waals surface area contributed by atoms with Crippen LogP contribution in [0.3, 0.4) is 0 Å². The van der Waals surface area contributed by atoms with Gasteiger partial charge >= 0.3 is 0 Å². The van der Waals surface area contributed by atoms with E-state index in [4.69, 9.17) is 0 Å². The van der Waals surface area contributed by atoms with E-state index in [9.17, 15) is 9.90 Å². The molecule has 0 unspecified atom stereocenters. The number of anilines is 1. The van der Waals surface area contributed by atoms with Gasteiger partial charge in [-0.05, 0) is 13.8 Å². The zero-order valence-corrected chi connectivity index (χ0v) is 16.0. The molecule has 1 aromatic carbocycles. The van der Waals surface area contributed by atoms with Crippen molar-refractivity contribution in [1.29, 1.82) is 0 Å². The summed E-state index contributed by atoms with van der Waals surface area (Å²) < 4.78 is 3.44. The van der Waals surface area contributed by atoms with Crippen LogP contribution in [0.2, 0.25) is 0 Å². The first kappa shape index (κ1) is 17.3. The van der Waals surface area contributed by atoms with E-state index in [1.54, 1.807) is 15.5 Å². The van der Waals surface area contributed by atoms with Gasteiger partial charge in [-0.2, -0.15) is 0 Å². The van der Waals surface area contributed by atoms with Crippen molar-refractivity contribution in [2.75, 3.05) is 5.32 Å². The summed E-state index contributed by atoms with van der Waals surface area (Å²) in [4.78, 5) is 21.2. The van der Waals surface area contributed by atoms with Crippen molar-refractivity contribution >= 4 is 33.5 Å². The molecule has 0 aliphatic carbocycles. The van der Waals surface area contributed by atoms with E-state index in [0.717, 1.165) is 11.3 Å². The summed E-state index contributed by atoms with van der Waals surface area (Å²) in [6, 6.07) is 8.09. The molecule has 7 nitrogen and oxygen atoms in total. The summed E-state index contributed by atoms with van der Waals surface area (Å²) in [5.74, 6) is -0.0753. The molecule has 138 valence electrons. The third kappa shape index (κ3) is 3.08. The summed E-state index contributed by atoms with van der Waals surface area (Å²) >= 11 is 1.38. The molecule has 8 heteroatoms. The molecule has 3 heterocycles. The molecular weight excluding hydrogens is 362 g/mol. The molecule has 27 heavy (non-hydrogen) atoms. The molecule has 0 atom stereocenters. The lowest BCUT2D eigenvalue weighted by Gasteiger charge is -2.04. The van der Waals surface area contributed by atoms with Crippen LogP contribution in [-0.2, 0) is 18.4 Å². The van der Waals surface area contributed by atoms with Crippen molar-refractivity contribution < 1.29 is 9.90 Å². The summed E-state index contributed by atoms with van der Waals surface area (Å²) in [5.41, 5.74) is 4.95. The second-order valence-electron chi connectivity index (χ2n) is 6.49. The first-order chi connectivity index (χ1) is 12.9. The minimum atomic E-state index is -0.222. The van der Waals surface area contributed by atoms with Crippen molar-refractivity contribution in [3.63, 3.8) is 0 Å². The Morgan fingerprint density at radius 1 is 1.26 bits per heavy atom. The number of nitrogens with zero attached hydrogens (tertiary/aromatic N) is 4. The summed E-state index contributed by atoms with van der Waals surface area (Å²) in [7, 11) is 1.83. The highest BCUT2D eigenvalue weighted by Crippen LogP contribution is 2.30. The van der Waals surface area contributed by atoms with Gasteiger partial charge in [0.1, 0.15) is 12.1 Å². The number of fused-ring (bicyclic) bond motifs is 1. The minimum Gasteiger partial charge on any atom is -0.504 e. The van der Waals surface area contributed by atoms with Crippen LogP contribution in [0.15, 0.2) is 36.0 Å². The minimum absolute atomic E-state index is 0.0486. The Balaban J connectivity index is 1.51. The fourth-order valence-electron chi connectivity index (χ4n) is 2.97. The quantitative estimate of drug-likeness (QED) is 0.567. The van der Waals surface area contributed by atoms with E-state index < -0.39 is 0 Å². The highest BCUT2D eigenvalue weighted by atomic mass is 32.1. The van der Waals surface area contributed by atoms with Gasteiger partial charge < -0.3 is 19.6 Å². The third-order valence-electron chi connectivity index (χ3n) is 4.62. The normalized spacial score (nSPS) is 11.2. The van der Waals surface area contributed by atoms with E-state index in [-0.39, 0.29) is 18.2 Å². The smallest absolute Gasteiger partial charge is 0.246 e. The van der Waals surface area contributed by atoms with Crippen LogP contribution in [-0.4, -0.2) is 30.1 Å². The van der Waals surface area contributed by atoms with E-state index >= 15 is 0 Å². The Morgan fingerprint density at radius 3 is 2.74 bits per heavy atom. The van der Waals surface area contributed by atoms with Gasteiger partial charge in [-0.1, -0.05) is 29.8 Å². The number of hydrogen-bond donors (Lipinski definition) is 2. The van der Waals surface area contributed by atoms with Gasteiger partial charge in [-0.25, -0.2) is 9.97 Å². The van der Waals surface area contributed by atoms with Gasteiger partial charge in [0.25, 0.3) is 0 Å². The first-order valence-electron chi connectivity index (χ1n) is 8.45. The number of imidazole rings is 1. The second-order valence-corrected chi connectivity index (χ2v) is 7.35. The van der Waals surface area contributed by atoms with E-state index in [2.05, 4.69) is 15.3 Å². The lowest BCUT2D eigenvalue weighted by Crippen LogP contribution is -2.18. The van der Waals surface area contributed by atoms with Crippen molar-refractivity contribution in [3.8, 4) is 17.0 Å². The molecular formula is C19H19N5O2S. The number of aromatic hydroxyl groups is 1. The maximum absolute atomic E-state index is 12.4. The van der Waals surface area contributed by atoms with Crippen molar-refractivity contribution in [2.24, 2.45) is 7.05 Å². The molecule has 0 spiro atoms. The van der Waals surface area contributed by atoms with Crippen molar-refractivity contribution in [3.05, 3.63) is 47.2 Å². The number of thiazole rings is 1. The Kier molecular flexibility index (Phi) is 4.19. The Bertz CT molecular complexity index is 1140. The topological polar surface area (TPSA) is 85.0 Å². The zero-order valence-electron chi connectivity index (χ0n) is 15.2. The predicted molar refractivity (Wildman–Crippen MR) is 106 cm³/mol. The molecule has 3 aromatic heterocycles. The summed E-state index contributed by atoms with van der Waals surface area (Å²) in [6.07, 6.45) is 1.56. The maximum Gasteiger partial charge on any atom is 0.246 e. The number of amides is 1. The molecule has 4 rings (SSSR count). The molecule has 1 amide bonds. The van der Waals surface area contributed by atoms with Gasteiger partial charge in [0, 0.05) is 18.0 Å². The Hall–Kier alpha value is -3.13. The van der Waals surface area contributed by atoms with Crippen LogP contribution in [0.1, 0.15) is 11.3 Å². The van der Waals surface area contributed by atoms with E-state index in [1.165, 1.54) is 16.9 Å². The standard InChI is InChI=1S/C19H19N5O2S/c1-11-4-6-13(7-5-11)14-9-27-19(21-14)22-15(25)8-24-10-20-18-16(24)17(26)12(2)23(18)3/h4-7,9-10,26H,8H2,1-3H3,(H,21,22,25). The van der Waals surface area contributed by atoms with Gasteiger partial charge in [-0.15, -0.1) is 11.3 Å². The van der Waals surface area contributed by atoms with Gasteiger partial charge in [0.15, 0.2) is 16.5 Å². The lowest BCUT2D eigenvalue weighted by atomic mass is 10.1.